The lowest BCUT2D eigenvalue weighted by molar-refractivity contribution is -0.168. The average Bonchev–Trinajstić information content (AvgIpc) is 3.55. The minimum absolute atomic E-state index is 0.212. The van der Waals surface area contributed by atoms with E-state index in [9.17, 15) is 35.5 Å². The third-order valence-corrected chi connectivity index (χ3v) is 5.36. The molecule has 0 amide bonds. The number of alkyl halides is 5. The van der Waals surface area contributed by atoms with E-state index in [0.29, 0.717) is 4.90 Å². The van der Waals surface area contributed by atoms with Gasteiger partial charge in [0.15, 0.2) is 5.82 Å². The molecule has 0 bridgehead atoms. The van der Waals surface area contributed by atoms with E-state index in [1.807, 2.05) is 0 Å². The first-order valence-corrected chi connectivity index (χ1v) is 9.81. The van der Waals surface area contributed by atoms with Crippen LogP contribution in [-0.4, -0.2) is 28.7 Å². The van der Waals surface area contributed by atoms with Gasteiger partial charge in [-0.25, -0.2) is 22.4 Å². The number of hydrogen-bond donors (Lipinski definition) is 0. The number of halogens is 7. The molecule has 0 radical (unpaired) electrons. The van der Waals surface area contributed by atoms with Crippen LogP contribution in [0.1, 0.15) is 22.5 Å². The van der Waals surface area contributed by atoms with Gasteiger partial charge in [-0.2, -0.15) is 18.2 Å². The van der Waals surface area contributed by atoms with E-state index in [1.54, 1.807) is 0 Å². The fraction of sp³-hybridized carbons (Fsp3) is 0.304. The maximum Gasteiger partial charge on any atom is 0.405 e. The average molecular weight is 486 g/mol. The highest BCUT2D eigenvalue weighted by Crippen LogP contribution is 2.57. The Hall–Kier alpha value is -3.55. The molecule has 34 heavy (non-hydrogen) atoms. The van der Waals surface area contributed by atoms with Gasteiger partial charge in [-0.3, -0.25) is 4.57 Å². The van der Waals surface area contributed by atoms with Gasteiger partial charge in [0.2, 0.25) is 0 Å². The van der Waals surface area contributed by atoms with Crippen LogP contribution in [0.3, 0.4) is 0 Å². The van der Waals surface area contributed by atoms with E-state index in [1.165, 1.54) is 0 Å². The van der Waals surface area contributed by atoms with Crippen molar-refractivity contribution >= 4 is 22.4 Å². The van der Waals surface area contributed by atoms with E-state index < -0.39 is 71.3 Å². The first-order valence-electron chi connectivity index (χ1n) is 11.3. The van der Waals surface area contributed by atoms with Crippen molar-refractivity contribution in [1.29, 1.82) is 0 Å². The van der Waals surface area contributed by atoms with Crippen molar-refractivity contribution in [3.63, 3.8) is 0 Å². The number of hydrogen-bond acceptors (Lipinski definition) is 3. The number of rotatable bonds is 4. The molecule has 1 aliphatic rings. The summed E-state index contributed by atoms with van der Waals surface area (Å²) in [5.74, 6) is 1.41. The molecule has 4 rings (SSSR count). The molecule has 0 spiro atoms. The number of aromatic nitrogens is 2. The highest BCUT2D eigenvalue weighted by molar-refractivity contribution is 5.92. The predicted molar refractivity (Wildman–Crippen MR) is 111 cm³/mol. The molecule has 1 saturated carbocycles. The number of anilines is 2. The molecule has 0 N–H and O–H groups in total. The number of benzene rings is 2. The van der Waals surface area contributed by atoms with Gasteiger partial charge in [0.1, 0.15) is 17.0 Å². The Morgan fingerprint density at radius 3 is 2.59 bits per heavy atom. The molecule has 11 heteroatoms. The van der Waals surface area contributed by atoms with Crippen LogP contribution >= 0.6 is 0 Å². The van der Waals surface area contributed by atoms with Gasteiger partial charge in [0, 0.05) is 22.3 Å². The molecule has 1 fully saturated rings. The molecule has 1 aliphatic carbocycles. The molecule has 3 aromatic rings. The van der Waals surface area contributed by atoms with Crippen molar-refractivity contribution in [3.8, 4) is 11.8 Å². The Bertz CT molecular complexity index is 1490. The Balaban J connectivity index is 1.93. The maximum absolute atomic E-state index is 14.9. The third kappa shape index (κ3) is 4.32. The predicted octanol–water partition coefficient (Wildman–Crippen LogP) is 5.31. The van der Waals surface area contributed by atoms with Crippen LogP contribution in [0.25, 0.3) is 10.9 Å². The summed E-state index contributed by atoms with van der Waals surface area (Å²) in [6.07, 6.45) is -8.22. The van der Waals surface area contributed by atoms with Crippen LogP contribution in [0.4, 0.5) is 42.2 Å². The van der Waals surface area contributed by atoms with E-state index in [4.69, 9.17) is 4.11 Å². The smallest absolute Gasteiger partial charge is 0.320 e. The molecule has 2 aromatic carbocycles. The van der Waals surface area contributed by atoms with Gasteiger partial charge >= 0.3 is 11.9 Å². The van der Waals surface area contributed by atoms with Crippen molar-refractivity contribution < 1.29 is 34.8 Å². The van der Waals surface area contributed by atoms with Gasteiger partial charge in [-0.1, -0.05) is 17.9 Å². The van der Waals surface area contributed by atoms with E-state index in [0.717, 1.165) is 36.4 Å². The minimum Gasteiger partial charge on any atom is -0.320 e. The van der Waals surface area contributed by atoms with Crippen LogP contribution in [0.2, 0.25) is 0 Å². The summed E-state index contributed by atoms with van der Waals surface area (Å²) >= 11 is 0. The van der Waals surface area contributed by atoms with Gasteiger partial charge in [-0.15, -0.1) is 0 Å². The topological polar surface area (TPSA) is 38.1 Å². The number of nitrogens with zero attached hydrogens (tertiary/aromatic N) is 3. The zero-order valence-corrected chi connectivity index (χ0v) is 17.1. The SMILES string of the molecule is [2H]C([2H])([2H])n1c(=O)nc(N(CC(F)F)c2cc(F)cc(C#CC3(C(F)(F)F)CC3)c2)c2c(F)cccc21. The first kappa shape index (κ1) is 19.9. The fourth-order valence-corrected chi connectivity index (χ4v) is 3.47. The Labute approximate surface area is 192 Å². The standard InChI is InChI=1S/C23H16F7N3O/c1-32-17-4-2-3-16(25)19(17)20(31-21(32)34)33(12-18(26)27)15-10-13(9-14(24)11-15)5-6-22(7-8-22)23(28,29)30/h2-4,9-11,18H,7-8,12H2,1H3/i1D3. The summed E-state index contributed by atoms with van der Waals surface area (Å²) in [5.41, 5.74) is -4.82. The molecular weight excluding hydrogens is 467 g/mol. The highest BCUT2D eigenvalue weighted by atomic mass is 19.4. The second kappa shape index (κ2) is 8.34. The molecule has 0 aliphatic heterocycles. The second-order valence-electron chi connectivity index (χ2n) is 7.72. The number of fused-ring (bicyclic) bond motifs is 1. The fourth-order valence-electron chi connectivity index (χ4n) is 3.47. The minimum atomic E-state index is -4.61. The summed E-state index contributed by atoms with van der Waals surface area (Å²) in [5, 5.41) is -0.607. The summed E-state index contributed by atoms with van der Waals surface area (Å²) < 4.78 is 119. The molecule has 1 aromatic heterocycles. The summed E-state index contributed by atoms with van der Waals surface area (Å²) in [6, 6.07) is 5.58. The van der Waals surface area contributed by atoms with Crippen molar-refractivity contribution in [1.82, 2.24) is 9.55 Å². The van der Waals surface area contributed by atoms with Crippen molar-refractivity contribution in [3.05, 3.63) is 64.1 Å². The highest BCUT2D eigenvalue weighted by Gasteiger charge is 2.62. The molecule has 4 nitrogen and oxygen atoms in total. The zero-order chi connectivity index (χ0) is 27.3. The monoisotopic (exact) mass is 486 g/mol. The normalized spacial score (nSPS) is 16.4. The lowest BCUT2D eigenvalue weighted by Crippen LogP contribution is -2.30. The largest absolute Gasteiger partial charge is 0.405 e. The van der Waals surface area contributed by atoms with Gasteiger partial charge in [-0.05, 0) is 43.2 Å². The molecule has 1 heterocycles. The third-order valence-electron chi connectivity index (χ3n) is 5.36. The first-order chi connectivity index (χ1) is 17.1. The lowest BCUT2D eigenvalue weighted by atomic mass is 10.1. The van der Waals surface area contributed by atoms with E-state index >= 15 is 0 Å². The van der Waals surface area contributed by atoms with Crippen LogP contribution in [0.5, 0.6) is 0 Å². The van der Waals surface area contributed by atoms with Crippen molar-refractivity contribution in [2.75, 3.05) is 11.4 Å². The van der Waals surface area contributed by atoms with Gasteiger partial charge in [0.05, 0.1) is 17.4 Å². The van der Waals surface area contributed by atoms with Crippen LogP contribution < -0.4 is 10.6 Å². The Morgan fingerprint density at radius 2 is 1.97 bits per heavy atom. The molecule has 0 unspecified atom stereocenters. The maximum atomic E-state index is 14.9. The Kier molecular flexibility index (Phi) is 4.88. The van der Waals surface area contributed by atoms with E-state index in [-0.39, 0.29) is 23.0 Å². The summed E-state index contributed by atoms with van der Waals surface area (Å²) in [7, 11) is 0. The quantitative estimate of drug-likeness (QED) is 0.371. The van der Waals surface area contributed by atoms with Crippen molar-refractivity contribution in [2.24, 2.45) is 12.4 Å². The Morgan fingerprint density at radius 1 is 1.24 bits per heavy atom. The van der Waals surface area contributed by atoms with Crippen molar-refractivity contribution in [2.45, 2.75) is 25.4 Å². The van der Waals surface area contributed by atoms with Crippen LogP contribution in [0.15, 0.2) is 41.2 Å². The molecule has 0 saturated heterocycles. The summed E-state index contributed by atoms with van der Waals surface area (Å²) in [6.45, 7) is -4.34. The number of aryl methyl sites for hydroxylation is 1. The molecule has 0 atom stereocenters. The second-order valence-corrected chi connectivity index (χ2v) is 7.72. The zero-order valence-electron chi connectivity index (χ0n) is 20.1. The molecule has 178 valence electrons. The van der Waals surface area contributed by atoms with Crippen LogP contribution in [0, 0.1) is 28.9 Å². The van der Waals surface area contributed by atoms with Gasteiger partial charge < -0.3 is 4.90 Å². The molecular formula is C23H16F7N3O. The summed E-state index contributed by atoms with van der Waals surface area (Å²) in [4.78, 5) is 16.8. The van der Waals surface area contributed by atoms with Gasteiger partial charge in [0.25, 0.3) is 6.43 Å². The lowest BCUT2D eigenvalue weighted by Gasteiger charge is -2.25. The van der Waals surface area contributed by atoms with Crippen LogP contribution in [-0.2, 0) is 6.98 Å². The van der Waals surface area contributed by atoms with E-state index in [2.05, 4.69) is 16.8 Å².